The van der Waals surface area contributed by atoms with Gasteiger partial charge in [-0.1, -0.05) is 0 Å². The number of aromatic nitrogens is 2. The zero-order chi connectivity index (χ0) is 15.0. The van der Waals surface area contributed by atoms with Crippen molar-refractivity contribution in [3.05, 3.63) is 23.8 Å². The first kappa shape index (κ1) is 15.8. The zero-order valence-corrected chi connectivity index (χ0v) is 11.4. The fourth-order valence-electron chi connectivity index (χ4n) is 1.38. The van der Waals surface area contributed by atoms with Gasteiger partial charge in [0.1, 0.15) is 0 Å². The predicted octanol–water partition coefficient (Wildman–Crippen LogP) is 0.0739. The number of rotatable bonds is 7. The highest BCUT2D eigenvalue weighted by Crippen LogP contribution is 1.96. The molecule has 0 saturated carbocycles. The normalized spacial score (nSPS) is 11.7. The topological polar surface area (TPSA) is 113 Å². The van der Waals surface area contributed by atoms with Gasteiger partial charge in [-0.25, -0.2) is 4.79 Å². The third-order valence-electron chi connectivity index (χ3n) is 2.49. The Morgan fingerprint density at radius 3 is 2.65 bits per heavy atom. The summed E-state index contributed by atoms with van der Waals surface area (Å²) in [6.07, 6.45) is 2.47. The highest BCUT2D eigenvalue weighted by Gasteiger charge is 2.13. The Labute approximate surface area is 116 Å². The Kier molecular flexibility index (Phi) is 6.38. The van der Waals surface area contributed by atoms with Crippen molar-refractivity contribution in [1.82, 2.24) is 20.6 Å². The van der Waals surface area contributed by atoms with E-state index in [1.165, 1.54) is 7.11 Å². The molecule has 0 aliphatic heterocycles. The van der Waals surface area contributed by atoms with Crippen LogP contribution in [0.1, 0.15) is 17.8 Å². The molecule has 1 aromatic rings. The number of nitrogens with one attached hydrogen (secondary N) is 2. The van der Waals surface area contributed by atoms with Gasteiger partial charge in [-0.05, 0) is 6.92 Å². The number of hydrogen-bond acceptors (Lipinski definition) is 5. The van der Waals surface area contributed by atoms with Crippen LogP contribution in [0.4, 0.5) is 4.79 Å². The molecule has 3 N–H and O–H groups in total. The highest BCUT2D eigenvalue weighted by atomic mass is 16.5. The van der Waals surface area contributed by atoms with Crippen LogP contribution in [0.5, 0.6) is 0 Å². The van der Waals surface area contributed by atoms with E-state index in [4.69, 9.17) is 9.84 Å². The molecule has 8 nitrogen and oxygen atoms in total. The van der Waals surface area contributed by atoms with Crippen molar-refractivity contribution < 1.29 is 19.4 Å². The van der Waals surface area contributed by atoms with Gasteiger partial charge in [-0.15, -0.1) is 0 Å². The van der Waals surface area contributed by atoms with Crippen molar-refractivity contribution in [1.29, 1.82) is 0 Å². The lowest BCUT2D eigenvalue weighted by atomic mass is 10.2. The monoisotopic (exact) mass is 282 g/mol. The van der Waals surface area contributed by atoms with Crippen molar-refractivity contribution in [2.24, 2.45) is 0 Å². The van der Waals surface area contributed by atoms with E-state index in [-0.39, 0.29) is 19.5 Å². The molecule has 8 heteroatoms. The average Bonchev–Trinajstić information content (AvgIpc) is 2.42. The number of carbonyl (C=O) groups is 2. The fourth-order valence-corrected chi connectivity index (χ4v) is 1.38. The van der Waals surface area contributed by atoms with Crippen molar-refractivity contribution in [3.63, 3.8) is 0 Å². The maximum atomic E-state index is 11.5. The molecule has 0 aliphatic carbocycles. The number of aliphatic carboxylic acids is 1. The van der Waals surface area contributed by atoms with Crippen LogP contribution in [0.3, 0.4) is 0 Å². The van der Waals surface area contributed by atoms with E-state index >= 15 is 0 Å². The standard InChI is InChI=1S/C12H18N4O4/c1-8-4-14-9(5-13-8)6-15-12(19)16-7-10(20-2)3-11(17)18/h4-5,10H,3,6-7H2,1-2H3,(H,17,18)(H2,15,16,19). The molecule has 0 bridgehead atoms. The second-order valence-electron chi connectivity index (χ2n) is 4.17. The lowest BCUT2D eigenvalue weighted by Gasteiger charge is -2.14. The second kappa shape index (κ2) is 8.05. The molecule has 0 saturated heterocycles. The third kappa shape index (κ3) is 6.10. The fraction of sp³-hybridized carbons (Fsp3) is 0.500. The van der Waals surface area contributed by atoms with E-state index in [0.29, 0.717) is 5.69 Å². The maximum Gasteiger partial charge on any atom is 0.315 e. The smallest absolute Gasteiger partial charge is 0.315 e. The molecule has 1 rings (SSSR count). The molecule has 0 radical (unpaired) electrons. The SMILES string of the molecule is COC(CNC(=O)NCc1cnc(C)cn1)CC(=O)O. The minimum absolute atomic E-state index is 0.119. The molecule has 1 unspecified atom stereocenters. The van der Waals surface area contributed by atoms with Crippen LogP contribution >= 0.6 is 0 Å². The first-order valence-corrected chi connectivity index (χ1v) is 6.05. The number of carbonyl (C=O) groups excluding carboxylic acids is 1. The van der Waals surface area contributed by atoms with Crippen LogP contribution in [0.15, 0.2) is 12.4 Å². The lowest BCUT2D eigenvalue weighted by molar-refractivity contribution is -0.139. The molecule has 2 amide bonds. The molecule has 1 heterocycles. The second-order valence-corrected chi connectivity index (χ2v) is 4.17. The quantitative estimate of drug-likeness (QED) is 0.652. The van der Waals surface area contributed by atoms with E-state index in [2.05, 4.69) is 20.6 Å². The maximum absolute atomic E-state index is 11.5. The van der Waals surface area contributed by atoms with Gasteiger partial charge in [-0.2, -0.15) is 0 Å². The summed E-state index contributed by atoms with van der Waals surface area (Å²) in [5, 5.41) is 13.8. The Hall–Kier alpha value is -2.22. The van der Waals surface area contributed by atoms with Crippen LogP contribution in [-0.4, -0.2) is 46.8 Å². The van der Waals surface area contributed by atoms with Crippen LogP contribution in [0.25, 0.3) is 0 Å². The zero-order valence-electron chi connectivity index (χ0n) is 11.4. The number of ether oxygens (including phenoxy) is 1. The summed E-state index contributed by atoms with van der Waals surface area (Å²) in [7, 11) is 1.40. The van der Waals surface area contributed by atoms with Gasteiger partial charge in [0, 0.05) is 19.9 Å². The molecular weight excluding hydrogens is 264 g/mol. The van der Waals surface area contributed by atoms with Gasteiger partial charge in [0.15, 0.2) is 0 Å². The average molecular weight is 282 g/mol. The van der Waals surface area contributed by atoms with E-state index < -0.39 is 18.1 Å². The van der Waals surface area contributed by atoms with Crippen LogP contribution in [0.2, 0.25) is 0 Å². The Balaban J connectivity index is 2.29. The van der Waals surface area contributed by atoms with Crippen molar-refractivity contribution >= 4 is 12.0 Å². The first-order valence-electron chi connectivity index (χ1n) is 6.05. The van der Waals surface area contributed by atoms with Crippen molar-refractivity contribution in [2.45, 2.75) is 26.0 Å². The van der Waals surface area contributed by atoms with Crippen LogP contribution in [0, 0.1) is 6.92 Å². The number of carboxylic acids is 1. The van der Waals surface area contributed by atoms with E-state index in [1.807, 2.05) is 6.92 Å². The minimum Gasteiger partial charge on any atom is -0.481 e. The summed E-state index contributed by atoms with van der Waals surface area (Å²) in [6, 6.07) is -0.417. The minimum atomic E-state index is -0.978. The molecule has 0 fully saturated rings. The molecule has 110 valence electrons. The van der Waals surface area contributed by atoms with E-state index in [0.717, 1.165) is 5.69 Å². The van der Waals surface area contributed by atoms with Crippen molar-refractivity contribution in [2.75, 3.05) is 13.7 Å². The Bertz CT molecular complexity index is 449. The number of urea groups is 1. The summed E-state index contributed by atoms with van der Waals surface area (Å²) < 4.78 is 4.94. The van der Waals surface area contributed by atoms with Crippen LogP contribution in [-0.2, 0) is 16.1 Å². The molecule has 1 aromatic heterocycles. The number of carboxylic acid groups (broad SMARTS) is 1. The summed E-state index contributed by atoms with van der Waals surface area (Å²) in [6.45, 7) is 2.19. The van der Waals surface area contributed by atoms with Gasteiger partial charge in [0.05, 0.1) is 36.7 Å². The van der Waals surface area contributed by atoms with Crippen LogP contribution < -0.4 is 10.6 Å². The van der Waals surface area contributed by atoms with Gasteiger partial charge in [0.25, 0.3) is 0 Å². The highest BCUT2D eigenvalue weighted by molar-refractivity contribution is 5.74. The molecular formula is C12H18N4O4. The Morgan fingerprint density at radius 1 is 1.35 bits per heavy atom. The van der Waals surface area contributed by atoms with Crippen molar-refractivity contribution in [3.8, 4) is 0 Å². The third-order valence-corrected chi connectivity index (χ3v) is 2.49. The van der Waals surface area contributed by atoms with Gasteiger partial charge in [0.2, 0.25) is 0 Å². The number of amides is 2. The summed E-state index contributed by atoms with van der Waals surface area (Å²) in [4.78, 5) is 30.2. The van der Waals surface area contributed by atoms with E-state index in [1.54, 1.807) is 12.4 Å². The lowest BCUT2D eigenvalue weighted by Crippen LogP contribution is -2.40. The number of nitrogens with zero attached hydrogens (tertiary/aromatic N) is 2. The number of hydrogen-bond donors (Lipinski definition) is 3. The molecule has 0 aliphatic rings. The number of aryl methyl sites for hydroxylation is 1. The molecule has 0 spiro atoms. The molecule has 1 atom stereocenters. The number of methoxy groups -OCH3 is 1. The predicted molar refractivity (Wildman–Crippen MR) is 70.1 cm³/mol. The largest absolute Gasteiger partial charge is 0.481 e. The van der Waals surface area contributed by atoms with Gasteiger partial charge < -0.3 is 20.5 Å². The summed E-state index contributed by atoms with van der Waals surface area (Å²) in [5.41, 5.74) is 1.44. The summed E-state index contributed by atoms with van der Waals surface area (Å²) in [5.74, 6) is -0.978. The Morgan fingerprint density at radius 2 is 2.10 bits per heavy atom. The molecule has 20 heavy (non-hydrogen) atoms. The summed E-state index contributed by atoms with van der Waals surface area (Å²) >= 11 is 0. The van der Waals surface area contributed by atoms with Gasteiger partial charge >= 0.3 is 12.0 Å². The van der Waals surface area contributed by atoms with E-state index in [9.17, 15) is 9.59 Å². The first-order chi connectivity index (χ1) is 9.51. The van der Waals surface area contributed by atoms with Gasteiger partial charge in [-0.3, -0.25) is 14.8 Å². The molecule has 0 aromatic carbocycles.